The Bertz CT molecular complexity index is 524. The maximum Gasteiger partial charge on any atom is 0.247 e. The molecule has 4 nitrogen and oxygen atoms in total. The van der Waals surface area contributed by atoms with E-state index < -0.39 is 0 Å². The first-order chi connectivity index (χ1) is 9.04. The second kappa shape index (κ2) is 6.13. The predicted octanol–water partition coefficient (Wildman–Crippen LogP) is 1.60. The van der Waals surface area contributed by atoms with Crippen LogP contribution in [-0.2, 0) is 9.59 Å². The monoisotopic (exact) mass is 319 g/mol. The van der Waals surface area contributed by atoms with Crippen molar-refractivity contribution in [3.8, 4) is 0 Å². The topological polar surface area (TPSA) is 65.0 Å². The van der Waals surface area contributed by atoms with Crippen molar-refractivity contribution in [3.05, 3.63) is 28.2 Å². The van der Waals surface area contributed by atoms with Crippen LogP contribution in [0.15, 0.2) is 18.2 Å². The normalized spacial score (nSPS) is 19.3. The van der Waals surface area contributed by atoms with Crippen molar-refractivity contribution >= 4 is 52.5 Å². The Morgan fingerprint density at radius 2 is 2.05 bits per heavy atom. The third-order valence-corrected chi connectivity index (χ3v) is 4.76. The van der Waals surface area contributed by atoms with E-state index in [-0.39, 0.29) is 23.5 Å². The van der Waals surface area contributed by atoms with Crippen molar-refractivity contribution in [1.82, 2.24) is 0 Å². The molecule has 1 atom stereocenters. The highest BCUT2D eigenvalue weighted by molar-refractivity contribution is 8.00. The fraction of sp³-hybridized carbons (Fsp3) is 0.333. The number of quaternary nitrogens is 1. The molecule has 102 valence electrons. The number of thioether (sulfide) groups is 1. The minimum absolute atomic E-state index is 0.193. The van der Waals surface area contributed by atoms with Crippen molar-refractivity contribution in [2.75, 3.05) is 17.2 Å². The molecule has 1 heterocycles. The molecule has 1 saturated heterocycles. The van der Waals surface area contributed by atoms with E-state index in [1.807, 2.05) is 0 Å². The first-order valence-electron chi connectivity index (χ1n) is 5.77. The van der Waals surface area contributed by atoms with Crippen molar-refractivity contribution < 1.29 is 15.3 Å². The third-order valence-electron chi connectivity index (χ3n) is 2.73. The molecule has 0 saturated carbocycles. The van der Waals surface area contributed by atoms with Gasteiger partial charge in [-0.15, -0.1) is 11.8 Å². The van der Waals surface area contributed by atoms with Gasteiger partial charge in [0.15, 0.2) is 0 Å². The summed E-state index contributed by atoms with van der Waals surface area (Å²) in [6.45, 7) is 0.732. The molecule has 7 heteroatoms. The van der Waals surface area contributed by atoms with E-state index in [2.05, 4.69) is 5.73 Å². The summed E-state index contributed by atoms with van der Waals surface area (Å²) in [5.74, 6) is 0.366. The largest absolute Gasteiger partial charge is 0.357 e. The average Bonchev–Trinajstić information content (AvgIpc) is 2.65. The molecule has 2 rings (SSSR count). The predicted molar refractivity (Wildman–Crippen MR) is 77.6 cm³/mol. The molecular formula is C12H13Cl2N2O2S+. The molecule has 1 aromatic rings. The van der Waals surface area contributed by atoms with Gasteiger partial charge in [-0.3, -0.25) is 9.59 Å². The second-order valence-electron chi connectivity index (χ2n) is 4.08. The van der Waals surface area contributed by atoms with E-state index in [9.17, 15) is 9.59 Å². The molecular weight excluding hydrogens is 307 g/mol. The van der Waals surface area contributed by atoms with Crippen LogP contribution in [0, 0.1) is 0 Å². The van der Waals surface area contributed by atoms with Gasteiger partial charge in [-0.1, -0.05) is 23.2 Å². The Morgan fingerprint density at radius 1 is 1.32 bits per heavy atom. The van der Waals surface area contributed by atoms with Crippen LogP contribution in [-0.4, -0.2) is 29.4 Å². The van der Waals surface area contributed by atoms with E-state index in [1.54, 1.807) is 12.1 Å². The fourth-order valence-corrected chi connectivity index (χ4v) is 3.11. The Morgan fingerprint density at radius 3 is 2.68 bits per heavy atom. The van der Waals surface area contributed by atoms with Gasteiger partial charge in [-0.25, -0.2) is 4.90 Å². The number of anilines is 1. The molecule has 19 heavy (non-hydrogen) atoms. The lowest BCUT2D eigenvalue weighted by molar-refractivity contribution is -0.360. The van der Waals surface area contributed by atoms with Crippen LogP contribution in [0.4, 0.5) is 5.69 Å². The van der Waals surface area contributed by atoms with E-state index in [0.717, 1.165) is 12.3 Å². The van der Waals surface area contributed by atoms with Crippen molar-refractivity contribution in [2.45, 2.75) is 11.7 Å². The number of amides is 2. The summed E-state index contributed by atoms with van der Waals surface area (Å²) in [6.07, 6.45) is 0.226. The molecule has 3 N–H and O–H groups in total. The van der Waals surface area contributed by atoms with Gasteiger partial charge in [0.1, 0.15) is 0 Å². The average molecular weight is 320 g/mol. The summed E-state index contributed by atoms with van der Waals surface area (Å²) in [6, 6.07) is 4.74. The molecule has 0 aromatic heterocycles. The zero-order chi connectivity index (χ0) is 14.0. The smallest absolute Gasteiger partial charge is 0.247 e. The number of carbonyl (C=O) groups excluding carboxylic acids is 2. The van der Waals surface area contributed by atoms with Gasteiger partial charge in [0.2, 0.25) is 11.8 Å². The first-order valence-corrected chi connectivity index (χ1v) is 7.57. The summed E-state index contributed by atoms with van der Waals surface area (Å²) in [4.78, 5) is 25.3. The highest BCUT2D eigenvalue weighted by Crippen LogP contribution is 2.32. The zero-order valence-electron chi connectivity index (χ0n) is 10.1. The van der Waals surface area contributed by atoms with Crippen molar-refractivity contribution in [3.63, 3.8) is 0 Å². The van der Waals surface area contributed by atoms with Gasteiger partial charge >= 0.3 is 0 Å². The lowest BCUT2D eigenvalue weighted by Gasteiger charge is -2.15. The van der Waals surface area contributed by atoms with Gasteiger partial charge in [-0.2, -0.15) is 0 Å². The van der Waals surface area contributed by atoms with Gasteiger partial charge in [0.25, 0.3) is 0 Å². The number of hydrogen-bond acceptors (Lipinski definition) is 3. The van der Waals surface area contributed by atoms with E-state index >= 15 is 0 Å². The lowest BCUT2D eigenvalue weighted by Crippen LogP contribution is -2.51. The summed E-state index contributed by atoms with van der Waals surface area (Å²) >= 11 is 13.2. The SMILES string of the molecule is [NH3+]CCS[C@H]1CC(=O)N(c2ccc(Cl)c(Cl)c2)C1=O. The molecule has 1 aromatic carbocycles. The molecule has 1 aliphatic heterocycles. The van der Waals surface area contributed by atoms with Crippen molar-refractivity contribution in [2.24, 2.45) is 0 Å². The number of nitrogens with zero attached hydrogens (tertiary/aromatic N) is 1. The van der Waals surface area contributed by atoms with Crippen LogP contribution < -0.4 is 10.6 Å². The summed E-state index contributed by atoms with van der Waals surface area (Å²) in [5, 5.41) is 0.407. The van der Waals surface area contributed by atoms with Crippen LogP contribution in [0.2, 0.25) is 10.0 Å². The molecule has 0 radical (unpaired) electrons. The number of rotatable bonds is 4. The molecule has 0 aliphatic carbocycles. The van der Waals surface area contributed by atoms with E-state index in [0.29, 0.717) is 15.7 Å². The standard InChI is InChI=1S/C12H12Cl2N2O2S/c13-8-2-1-7(5-9(8)14)16-11(17)6-10(12(16)18)19-4-3-15/h1-2,5,10H,3-4,6,15H2/p+1/t10-/m0/s1. The zero-order valence-corrected chi connectivity index (χ0v) is 12.4. The highest BCUT2D eigenvalue weighted by atomic mass is 35.5. The van der Waals surface area contributed by atoms with Crippen LogP contribution in [0.25, 0.3) is 0 Å². The van der Waals surface area contributed by atoms with Crippen molar-refractivity contribution in [1.29, 1.82) is 0 Å². The molecule has 2 amide bonds. The quantitative estimate of drug-likeness (QED) is 0.857. The second-order valence-corrected chi connectivity index (χ2v) is 6.21. The summed E-state index contributed by atoms with van der Waals surface area (Å²) in [7, 11) is 0. The molecule has 1 fully saturated rings. The first kappa shape index (κ1) is 14.7. The number of carbonyl (C=O) groups is 2. The third kappa shape index (κ3) is 3.05. The minimum Gasteiger partial charge on any atom is -0.357 e. The highest BCUT2D eigenvalue weighted by Gasteiger charge is 2.39. The molecule has 0 bridgehead atoms. The fourth-order valence-electron chi connectivity index (χ4n) is 1.86. The van der Waals surface area contributed by atoms with Gasteiger partial charge < -0.3 is 5.73 Å². The van der Waals surface area contributed by atoms with Gasteiger partial charge in [-0.05, 0) is 18.2 Å². The lowest BCUT2D eigenvalue weighted by atomic mass is 10.3. The maximum absolute atomic E-state index is 12.2. The number of hydrogen-bond donors (Lipinski definition) is 1. The Kier molecular flexibility index (Phi) is 4.73. The van der Waals surface area contributed by atoms with Crippen LogP contribution >= 0.6 is 35.0 Å². The van der Waals surface area contributed by atoms with E-state index in [4.69, 9.17) is 23.2 Å². The molecule has 0 unspecified atom stereocenters. The van der Waals surface area contributed by atoms with Gasteiger partial charge in [0, 0.05) is 12.2 Å². The van der Waals surface area contributed by atoms with E-state index in [1.165, 1.54) is 22.7 Å². The van der Waals surface area contributed by atoms with Crippen LogP contribution in [0.5, 0.6) is 0 Å². The Labute approximate surface area is 125 Å². The summed E-state index contributed by atoms with van der Waals surface area (Å²) < 4.78 is 0. The molecule has 0 spiro atoms. The Hall–Kier alpha value is -0.750. The van der Waals surface area contributed by atoms with Crippen LogP contribution in [0.1, 0.15) is 6.42 Å². The Balaban J connectivity index is 2.22. The summed E-state index contributed by atoms with van der Waals surface area (Å²) in [5.41, 5.74) is 4.20. The van der Waals surface area contributed by atoms with Gasteiger partial charge in [0.05, 0.1) is 27.5 Å². The van der Waals surface area contributed by atoms with Crippen LogP contribution in [0.3, 0.4) is 0 Å². The minimum atomic E-state index is -0.316. The maximum atomic E-state index is 12.2. The number of benzene rings is 1. The number of imide groups is 1. The number of halogens is 2. The molecule has 1 aliphatic rings.